The Bertz CT molecular complexity index is 905. The summed E-state index contributed by atoms with van der Waals surface area (Å²) in [6.07, 6.45) is 1.79. The maximum Gasteiger partial charge on any atom is 0.343 e. The summed E-state index contributed by atoms with van der Waals surface area (Å²) in [5.41, 5.74) is 2.72. The van der Waals surface area contributed by atoms with Gasteiger partial charge in [-0.15, -0.1) is 0 Å². The SMILES string of the molecule is COC(=O)COc1ccc(/C=C2/SC(=S)N(c3ccc(C)cc3)C2=O)cc1. The predicted octanol–water partition coefficient (Wildman–Crippen LogP) is 3.95. The van der Waals surface area contributed by atoms with Gasteiger partial charge in [0.25, 0.3) is 5.91 Å². The van der Waals surface area contributed by atoms with Crippen LogP contribution in [0.2, 0.25) is 0 Å². The van der Waals surface area contributed by atoms with Gasteiger partial charge < -0.3 is 9.47 Å². The van der Waals surface area contributed by atoms with E-state index in [4.69, 9.17) is 17.0 Å². The van der Waals surface area contributed by atoms with Crippen molar-refractivity contribution < 1.29 is 19.1 Å². The van der Waals surface area contributed by atoms with Crippen LogP contribution < -0.4 is 9.64 Å². The highest BCUT2D eigenvalue weighted by Gasteiger charge is 2.33. The van der Waals surface area contributed by atoms with Crippen LogP contribution >= 0.6 is 24.0 Å². The Morgan fingerprint density at radius 1 is 1.15 bits per heavy atom. The molecule has 0 unspecified atom stereocenters. The molecule has 7 heteroatoms. The molecule has 5 nitrogen and oxygen atoms in total. The van der Waals surface area contributed by atoms with Crippen molar-refractivity contribution in [2.24, 2.45) is 0 Å². The number of carbonyl (C=O) groups is 2. The number of rotatable bonds is 5. The number of carbonyl (C=O) groups excluding carboxylic acids is 2. The van der Waals surface area contributed by atoms with Gasteiger partial charge in [0.05, 0.1) is 17.7 Å². The Labute approximate surface area is 167 Å². The van der Waals surface area contributed by atoms with E-state index in [0.717, 1.165) is 16.8 Å². The Balaban J connectivity index is 1.73. The van der Waals surface area contributed by atoms with Gasteiger partial charge in [0, 0.05) is 0 Å². The molecule has 27 heavy (non-hydrogen) atoms. The topological polar surface area (TPSA) is 55.8 Å². The molecule has 1 aliphatic rings. The monoisotopic (exact) mass is 399 g/mol. The second-order valence-corrected chi connectivity index (χ2v) is 7.46. The summed E-state index contributed by atoms with van der Waals surface area (Å²) < 4.78 is 10.3. The third-order valence-corrected chi connectivity index (χ3v) is 5.15. The lowest BCUT2D eigenvalue weighted by Crippen LogP contribution is -2.27. The Kier molecular flexibility index (Phi) is 5.93. The van der Waals surface area contributed by atoms with E-state index in [-0.39, 0.29) is 12.5 Å². The van der Waals surface area contributed by atoms with E-state index in [1.54, 1.807) is 23.1 Å². The summed E-state index contributed by atoms with van der Waals surface area (Å²) in [4.78, 5) is 26.0. The first-order valence-electron chi connectivity index (χ1n) is 8.12. The molecule has 2 aromatic rings. The first-order valence-corrected chi connectivity index (χ1v) is 9.34. The van der Waals surface area contributed by atoms with Gasteiger partial charge in [0.1, 0.15) is 5.75 Å². The van der Waals surface area contributed by atoms with Crippen LogP contribution in [0.4, 0.5) is 5.69 Å². The zero-order valence-corrected chi connectivity index (χ0v) is 16.4. The molecule has 1 fully saturated rings. The van der Waals surface area contributed by atoms with E-state index in [2.05, 4.69) is 4.74 Å². The highest BCUT2D eigenvalue weighted by Crippen LogP contribution is 2.36. The number of nitrogens with zero attached hydrogens (tertiary/aromatic N) is 1. The van der Waals surface area contributed by atoms with Gasteiger partial charge >= 0.3 is 5.97 Å². The average molecular weight is 399 g/mol. The second kappa shape index (κ2) is 8.37. The zero-order valence-electron chi connectivity index (χ0n) is 14.8. The third-order valence-electron chi connectivity index (χ3n) is 3.85. The quantitative estimate of drug-likeness (QED) is 0.431. The number of hydrogen-bond acceptors (Lipinski definition) is 6. The Morgan fingerprint density at radius 2 is 1.81 bits per heavy atom. The van der Waals surface area contributed by atoms with Crippen molar-refractivity contribution in [3.05, 3.63) is 64.6 Å². The van der Waals surface area contributed by atoms with E-state index in [9.17, 15) is 9.59 Å². The number of hydrogen-bond donors (Lipinski definition) is 0. The normalized spacial score (nSPS) is 15.3. The Hall–Kier alpha value is -2.64. The van der Waals surface area contributed by atoms with E-state index in [1.807, 2.05) is 43.3 Å². The summed E-state index contributed by atoms with van der Waals surface area (Å²) >= 11 is 6.65. The first kappa shape index (κ1) is 19.1. The van der Waals surface area contributed by atoms with Crippen molar-refractivity contribution in [1.29, 1.82) is 0 Å². The lowest BCUT2D eigenvalue weighted by molar-refractivity contribution is -0.142. The highest BCUT2D eigenvalue weighted by molar-refractivity contribution is 8.27. The van der Waals surface area contributed by atoms with Crippen molar-refractivity contribution in [3.8, 4) is 5.75 Å². The molecule has 1 heterocycles. The van der Waals surface area contributed by atoms with Gasteiger partial charge in [-0.2, -0.15) is 0 Å². The second-order valence-electron chi connectivity index (χ2n) is 5.79. The molecule has 3 rings (SSSR count). The van der Waals surface area contributed by atoms with Gasteiger partial charge in [-0.05, 0) is 42.8 Å². The molecule has 138 valence electrons. The van der Waals surface area contributed by atoms with Gasteiger partial charge in [-0.3, -0.25) is 9.69 Å². The van der Waals surface area contributed by atoms with Crippen molar-refractivity contribution >= 4 is 51.9 Å². The van der Waals surface area contributed by atoms with Gasteiger partial charge in [-0.25, -0.2) is 4.79 Å². The number of ether oxygens (including phenoxy) is 2. The average Bonchev–Trinajstić information content (AvgIpc) is 2.95. The minimum atomic E-state index is -0.446. The molecule has 0 radical (unpaired) electrons. The fraction of sp³-hybridized carbons (Fsp3) is 0.150. The minimum Gasteiger partial charge on any atom is -0.482 e. The number of aryl methyl sites for hydroxylation is 1. The standard InChI is InChI=1S/C20H17NO4S2/c1-13-3-7-15(8-4-13)21-19(23)17(27-20(21)26)11-14-5-9-16(10-6-14)25-12-18(22)24-2/h3-11H,12H2,1-2H3/b17-11+. The molecule has 0 aromatic heterocycles. The molecule has 0 spiro atoms. The van der Waals surface area contributed by atoms with Crippen LogP contribution in [0.1, 0.15) is 11.1 Å². The van der Waals surface area contributed by atoms with E-state index in [1.165, 1.54) is 18.9 Å². The highest BCUT2D eigenvalue weighted by atomic mass is 32.2. The van der Waals surface area contributed by atoms with Crippen LogP contribution in [0.25, 0.3) is 6.08 Å². The molecule has 0 N–H and O–H groups in total. The van der Waals surface area contributed by atoms with Gasteiger partial charge in [-0.1, -0.05) is 53.8 Å². The molecule has 2 aromatic carbocycles. The minimum absolute atomic E-state index is 0.139. The fourth-order valence-electron chi connectivity index (χ4n) is 2.40. The number of esters is 1. The molecular weight excluding hydrogens is 382 g/mol. The van der Waals surface area contributed by atoms with E-state index < -0.39 is 5.97 Å². The summed E-state index contributed by atoms with van der Waals surface area (Å²) in [5, 5.41) is 0. The third kappa shape index (κ3) is 4.56. The summed E-state index contributed by atoms with van der Waals surface area (Å²) in [5.74, 6) is -0.0384. The number of thioether (sulfide) groups is 1. The summed E-state index contributed by atoms with van der Waals surface area (Å²) in [6.45, 7) is 1.84. The first-order chi connectivity index (χ1) is 13.0. The summed E-state index contributed by atoms with van der Waals surface area (Å²) in [7, 11) is 1.31. The molecule has 1 amide bonds. The van der Waals surface area contributed by atoms with Gasteiger partial charge in [0.2, 0.25) is 0 Å². The summed E-state index contributed by atoms with van der Waals surface area (Å²) in [6, 6.07) is 14.8. The predicted molar refractivity (Wildman–Crippen MR) is 111 cm³/mol. The van der Waals surface area contributed by atoms with Crippen molar-refractivity contribution in [2.75, 3.05) is 18.6 Å². The molecule has 0 bridgehead atoms. The number of methoxy groups -OCH3 is 1. The van der Waals surface area contributed by atoms with E-state index >= 15 is 0 Å². The number of anilines is 1. The van der Waals surface area contributed by atoms with Gasteiger partial charge in [0.15, 0.2) is 10.9 Å². The zero-order chi connectivity index (χ0) is 19.4. The van der Waals surface area contributed by atoms with E-state index in [0.29, 0.717) is 15.0 Å². The van der Waals surface area contributed by atoms with Crippen molar-refractivity contribution in [2.45, 2.75) is 6.92 Å². The Morgan fingerprint density at radius 3 is 2.44 bits per heavy atom. The van der Waals surface area contributed by atoms with Crippen LogP contribution in [0.5, 0.6) is 5.75 Å². The van der Waals surface area contributed by atoms with Crippen LogP contribution in [-0.2, 0) is 14.3 Å². The molecule has 0 saturated carbocycles. The lowest BCUT2D eigenvalue weighted by atomic mass is 10.2. The number of benzene rings is 2. The lowest BCUT2D eigenvalue weighted by Gasteiger charge is -2.14. The molecule has 0 atom stereocenters. The largest absolute Gasteiger partial charge is 0.482 e. The molecule has 1 aliphatic heterocycles. The smallest absolute Gasteiger partial charge is 0.343 e. The number of thiocarbonyl (C=S) groups is 1. The molecule has 1 saturated heterocycles. The number of amides is 1. The maximum absolute atomic E-state index is 12.8. The van der Waals surface area contributed by atoms with Crippen molar-refractivity contribution in [3.63, 3.8) is 0 Å². The van der Waals surface area contributed by atoms with Crippen LogP contribution in [0.3, 0.4) is 0 Å². The van der Waals surface area contributed by atoms with Crippen molar-refractivity contribution in [1.82, 2.24) is 0 Å². The van der Waals surface area contributed by atoms with Crippen LogP contribution in [-0.4, -0.2) is 29.9 Å². The molecular formula is C20H17NO4S2. The van der Waals surface area contributed by atoms with Crippen LogP contribution in [0.15, 0.2) is 53.4 Å². The van der Waals surface area contributed by atoms with Crippen LogP contribution in [0, 0.1) is 6.92 Å². The fourth-order valence-corrected chi connectivity index (χ4v) is 3.70. The maximum atomic E-state index is 12.8. The molecule has 0 aliphatic carbocycles.